The number of amides is 3. The van der Waals surface area contributed by atoms with Gasteiger partial charge in [-0.3, -0.25) is 9.48 Å². The fourth-order valence-electron chi connectivity index (χ4n) is 4.58. The number of hydrogen-bond acceptors (Lipinski definition) is 4. The lowest BCUT2D eigenvalue weighted by molar-refractivity contribution is 0.0706. The van der Waals surface area contributed by atoms with Crippen LogP contribution >= 0.6 is 0 Å². The zero-order valence-corrected chi connectivity index (χ0v) is 20.6. The van der Waals surface area contributed by atoms with Crippen LogP contribution in [0.2, 0.25) is 0 Å². The molecule has 0 unspecified atom stereocenters. The van der Waals surface area contributed by atoms with Gasteiger partial charge in [0.1, 0.15) is 11.3 Å². The van der Waals surface area contributed by atoms with Crippen LogP contribution in [0.25, 0.3) is 5.65 Å². The highest BCUT2D eigenvalue weighted by Crippen LogP contribution is 2.29. The Kier molecular flexibility index (Phi) is 6.71. The molecule has 5 rings (SSSR count). The van der Waals surface area contributed by atoms with E-state index in [4.69, 9.17) is 0 Å². The Balaban J connectivity index is 1.10. The second-order valence-corrected chi connectivity index (χ2v) is 9.50. The van der Waals surface area contributed by atoms with Crippen molar-refractivity contribution in [2.45, 2.75) is 45.2 Å². The largest absolute Gasteiger partial charge is 0.337 e. The monoisotopic (exact) mass is 485 g/mol. The van der Waals surface area contributed by atoms with E-state index in [0.29, 0.717) is 31.2 Å². The van der Waals surface area contributed by atoms with Crippen LogP contribution in [0.1, 0.15) is 60.3 Å². The Bertz CT molecular complexity index is 1350. The van der Waals surface area contributed by atoms with E-state index in [1.54, 1.807) is 12.3 Å². The van der Waals surface area contributed by atoms with E-state index in [2.05, 4.69) is 32.8 Å². The number of nitrogens with one attached hydrogen (secondary N) is 2. The molecule has 36 heavy (non-hydrogen) atoms. The van der Waals surface area contributed by atoms with Crippen molar-refractivity contribution in [3.63, 3.8) is 0 Å². The molecule has 9 nitrogen and oxygen atoms in total. The first-order chi connectivity index (χ1) is 17.5. The summed E-state index contributed by atoms with van der Waals surface area (Å²) in [7, 11) is 0. The number of piperidine rings is 1. The van der Waals surface area contributed by atoms with Crippen molar-refractivity contribution in [1.29, 1.82) is 0 Å². The van der Waals surface area contributed by atoms with Gasteiger partial charge in [0.05, 0.1) is 0 Å². The summed E-state index contributed by atoms with van der Waals surface area (Å²) in [4.78, 5) is 31.3. The fourth-order valence-corrected chi connectivity index (χ4v) is 4.58. The second-order valence-electron chi connectivity index (χ2n) is 9.50. The maximum atomic E-state index is 12.8. The van der Waals surface area contributed by atoms with Crippen molar-refractivity contribution < 1.29 is 9.59 Å². The zero-order chi connectivity index (χ0) is 25.1. The summed E-state index contributed by atoms with van der Waals surface area (Å²) in [5.74, 6) is 0.394. The molecule has 0 aliphatic carbocycles. The van der Waals surface area contributed by atoms with Gasteiger partial charge in [0.2, 0.25) is 0 Å². The van der Waals surface area contributed by atoms with Crippen LogP contribution in [0.15, 0.2) is 67.3 Å². The summed E-state index contributed by atoms with van der Waals surface area (Å²) in [5, 5.41) is 10.2. The number of carbonyl (C=O) groups excluding carboxylic acids is 2. The Labute approximate surface area is 210 Å². The number of carbonyl (C=O) groups is 2. The molecule has 3 amide bonds. The van der Waals surface area contributed by atoms with E-state index in [-0.39, 0.29) is 18.0 Å². The van der Waals surface area contributed by atoms with Crippen molar-refractivity contribution >= 4 is 23.3 Å². The standard InChI is InChI=1S/C27H31N7O2/c1-19(2)34-15-10-24(31-34)26(35)33-13-8-22(9-14-33)21-3-5-23(6-4-21)30-27(36)29-18-20-7-12-32-16-11-28-25(32)17-20/h3-7,10-12,15-17,19,22H,8-9,13-14,18H2,1-2H3,(H2,29,30,36). The third-order valence-corrected chi connectivity index (χ3v) is 6.69. The van der Waals surface area contributed by atoms with Crippen LogP contribution in [0.4, 0.5) is 10.5 Å². The Hall–Kier alpha value is -4.14. The fraction of sp³-hybridized carbons (Fsp3) is 0.333. The summed E-state index contributed by atoms with van der Waals surface area (Å²) in [6, 6.07) is 13.7. The topological polar surface area (TPSA) is 96.6 Å². The number of benzene rings is 1. The van der Waals surface area contributed by atoms with Crippen LogP contribution in [-0.2, 0) is 6.54 Å². The van der Waals surface area contributed by atoms with Gasteiger partial charge in [0, 0.05) is 56.2 Å². The van der Waals surface area contributed by atoms with Gasteiger partial charge in [-0.15, -0.1) is 0 Å². The molecule has 0 spiro atoms. The lowest BCUT2D eigenvalue weighted by Gasteiger charge is -2.32. The molecule has 2 N–H and O–H groups in total. The van der Waals surface area contributed by atoms with Crippen LogP contribution < -0.4 is 10.6 Å². The van der Waals surface area contributed by atoms with Gasteiger partial charge in [-0.1, -0.05) is 12.1 Å². The molecule has 4 heterocycles. The molecule has 3 aromatic heterocycles. The van der Waals surface area contributed by atoms with Crippen LogP contribution in [0, 0.1) is 0 Å². The van der Waals surface area contributed by atoms with E-state index in [1.807, 2.05) is 70.7 Å². The van der Waals surface area contributed by atoms with Gasteiger partial charge in [0.25, 0.3) is 5.91 Å². The number of rotatable bonds is 6. The van der Waals surface area contributed by atoms with E-state index in [1.165, 1.54) is 5.56 Å². The molecule has 1 aromatic carbocycles. The smallest absolute Gasteiger partial charge is 0.319 e. The predicted octanol–water partition coefficient (Wildman–Crippen LogP) is 4.45. The first-order valence-electron chi connectivity index (χ1n) is 12.4. The maximum Gasteiger partial charge on any atom is 0.319 e. The summed E-state index contributed by atoms with van der Waals surface area (Å²) in [6.45, 7) is 5.94. The zero-order valence-electron chi connectivity index (χ0n) is 20.6. The molecular weight excluding hydrogens is 454 g/mol. The van der Waals surface area contributed by atoms with E-state index >= 15 is 0 Å². The number of nitrogens with zero attached hydrogens (tertiary/aromatic N) is 5. The average Bonchev–Trinajstić information content (AvgIpc) is 3.57. The molecule has 9 heteroatoms. The van der Waals surface area contributed by atoms with Crippen LogP contribution in [-0.4, -0.2) is 49.1 Å². The molecule has 0 saturated carbocycles. The molecule has 0 bridgehead atoms. The molecule has 1 fully saturated rings. The van der Waals surface area contributed by atoms with Gasteiger partial charge in [0.15, 0.2) is 0 Å². The quantitative estimate of drug-likeness (QED) is 0.422. The molecule has 4 aromatic rings. The summed E-state index contributed by atoms with van der Waals surface area (Å²) in [5.41, 5.74) is 4.32. The highest BCUT2D eigenvalue weighted by atomic mass is 16.2. The predicted molar refractivity (Wildman–Crippen MR) is 138 cm³/mol. The van der Waals surface area contributed by atoms with Crippen molar-refractivity contribution in [3.8, 4) is 0 Å². The highest BCUT2D eigenvalue weighted by molar-refractivity contribution is 5.92. The Morgan fingerprint density at radius 2 is 1.81 bits per heavy atom. The molecule has 0 radical (unpaired) electrons. The third-order valence-electron chi connectivity index (χ3n) is 6.69. The average molecular weight is 486 g/mol. The van der Waals surface area contributed by atoms with Gasteiger partial charge in [-0.25, -0.2) is 9.78 Å². The molecule has 1 aliphatic rings. The van der Waals surface area contributed by atoms with Crippen LogP contribution in [0.3, 0.4) is 0 Å². The first kappa shape index (κ1) is 23.6. The number of aromatic nitrogens is 4. The van der Waals surface area contributed by atoms with E-state index in [9.17, 15) is 9.59 Å². The number of hydrogen-bond donors (Lipinski definition) is 2. The minimum Gasteiger partial charge on any atom is -0.337 e. The van der Waals surface area contributed by atoms with Crippen molar-refractivity contribution in [2.75, 3.05) is 18.4 Å². The lowest BCUT2D eigenvalue weighted by Crippen LogP contribution is -2.38. The van der Waals surface area contributed by atoms with Gasteiger partial charge in [-0.05, 0) is 74.1 Å². The van der Waals surface area contributed by atoms with Gasteiger partial charge in [-0.2, -0.15) is 5.10 Å². The number of imidazole rings is 1. The Morgan fingerprint density at radius 3 is 2.53 bits per heavy atom. The highest BCUT2D eigenvalue weighted by Gasteiger charge is 2.26. The normalized spacial score (nSPS) is 14.4. The van der Waals surface area contributed by atoms with Crippen molar-refractivity contribution in [2.24, 2.45) is 0 Å². The molecule has 0 atom stereocenters. The first-order valence-corrected chi connectivity index (χ1v) is 12.4. The van der Waals surface area contributed by atoms with Gasteiger partial charge < -0.3 is 19.9 Å². The number of fused-ring (bicyclic) bond motifs is 1. The van der Waals surface area contributed by atoms with Gasteiger partial charge >= 0.3 is 6.03 Å². The van der Waals surface area contributed by atoms with E-state index < -0.39 is 0 Å². The summed E-state index contributed by atoms with van der Waals surface area (Å²) < 4.78 is 3.74. The number of urea groups is 1. The number of anilines is 1. The minimum absolute atomic E-state index is 0.00288. The second kappa shape index (κ2) is 10.2. The van der Waals surface area contributed by atoms with Crippen molar-refractivity contribution in [1.82, 2.24) is 29.4 Å². The third kappa shape index (κ3) is 5.25. The SMILES string of the molecule is CC(C)n1ccc(C(=O)N2CCC(c3ccc(NC(=O)NCc4ccn5ccnc5c4)cc3)CC2)n1. The molecule has 1 aliphatic heterocycles. The summed E-state index contributed by atoms with van der Waals surface area (Å²) >= 11 is 0. The molecule has 1 saturated heterocycles. The maximum absolute atomic E-state index is 12.8. The summed E-state index contributed by atoms with van der Waals surface area (Å²) in [6.07, 6.45) is 9.23. The van der Waals surface area contributed by atoms with Crippen molar-refractivity contribution in [3.05, 3.63) is 84.1 Å². The lowest BCUT2D eigenvalue weighted by atomic mass is 9.89. The molecule has 186 valence electrons. The molecular formula is C27H31N7O2. The number of likely N-dealkylation sites (tertiary alicyclic amines) is 1. The van der Waals surface area contributed by atoms with E-state index in [0.717, 1.165) is 29.7 Å². The van der Waals surface area contributed by atoms with Crippen LogP contribution in [0.5, 0.6) is 0 Å². The Morgan fingerprint density at radius 1 is 1.03 bits per heavy atom. The minimum atomic E-state index is -0.252. The number of pyridine rings is 1.